The number of nitrogens with two attached hydrogens (primary N) is 1. The molecule has 1 atom stereocenters. The summed E-state index contributed by atoms with van der Waals surface area (Å²) in [5.74, 6) is -0.479. The lowest BCUT2D eigenvalue weighted by Crippen LogP contribution is -2.47. The Bertz CT molecular complexity index is 1760. The summed E-state index contributed by atoms with van der Waals surface area (Å²) in [4.78, 5) is 36.9. The van der Waals surface area contributed by atoms with Crippen molar-refractivity contribution in [3.05, 3.63) is 52.1 Å². The van der Waals surface area contributed by atoms with Gasteiger partial charge < -0.3 is 24.9 Å². The number of furan rings is 1. The Morgan fingerprint density at radius 1 is 1.20 bits per heavy atom. The lowest BCUT2D eigenvalue weighted by Gasteiger charge is -2.36. The fourth-order valence-corrected chi connectivity index (χ4v) is 5.59. The third-order valence-corrected chi connectivity index (χ3v) is 7.75. The first-order chi connectivity index (χ1) is 19.3. The van der Waals surface area contributed by atoms with Crippen LogP contribution in [0.2, 0.25) is 0 Å². The molecule has 4 aromatic heterocycles. The van der Waals surface area contributed by atoms with Crippen molar-refractivity contribution < 1.29 is 23.4 Å². The van der Waals surface area contributed by atoms with Gasteiger partial charge in [0, 0.05) is 45.3 Å². The van der Waals surface area contributed by atoms with E-state index in [1.807, 2.05) is 4.90 Å². The van der Waals surface area contributed by atoms with E-state index in [-0.39, 0.29) is 16.6 Å². The van der Waals surface area contributed by atoms with Crippen molar-refractivity contribution in [2.24, 2.45) is 0 Å². The van der Waals surface area contributed by atoms with Crippen LogP contribution < -0.4 is 20.2 Å². The molecule has 6 rings (SSSR count). The molecule has 15 heteroatoms. The molecule has 1 saturated heterocycles. The summed E-state index contributed by atoms with van der Waals surface area (Å²) in [6, 6.07) is 7.85. The lowest BCUT2D eigenvalue weighted by atomic mass is 10.2. The highest BCUT2D eigenvalue weighted by molar-refractivity contribution is 7.17. The average molecular weight is 569 g/mol. The van der Waals surface area contributed by atoms with Gasteiger partial charge in [-0.05, 0) is 31.2 Å². The number of carboxylic acids is 1. The Kier molecular flexibility index (Phi) is 6.59. The normalized spacial score (nSPS) is 15.2. The van der Waals surface area contributed by atoms with Crippen molar-refractivity contribution in [2.75, 3.05) is 43.4 Å². The van der Waals surface area contributed by atoms with Gasteiger partial charge in [0.15, 0.2) is 23.2 Å². The third-order valence-electron chi connectivity index (χ3n) is 6.79. The summed E-state index contributed by atoms with van der Waals surface area (Å²) < 4.78 is 29.0. The minimum absolute atomic E-state index is 0.115. The maximum Gasteiger partial charge on any atom is 0.344 e. The van der Waals surface area contributed by atoms with Gasteiger partial charge in [-0.15, -0.1) is 5.10 Å². The zero-order valence-electron chi connectivity index (χ0n) is 21.4. The van der Waals surface area contributed by atoms with Crippen molar-refractivity contribution in [1.82, 2.24) is 29.0 Å². The zero-order valence-corrected chi connectivity index (χ0v) is 22.2. The van der Waals surface area contributed by atoms with Gasteiger partial charge in [-0.25, -0.2) is 14.2 Å². The van der Waals surface area contributed by atoms with E-state index in [2.05, 4.69) is 20.0 Å². The number of piperazine rings is 1. The van der Waals surface area contributed by atoms with Crippen LogP contribution in [0, 0.1) is 5.82 Å². The second-order valence-corrected chi connectivity index (χ2v) is 10.3. The van der Waals surface area contributed by atoms with Gasteiger partial charge in [0.05, 0.1) is 12.0 Å². The van der Waals surface area contributed by atoms with Crippen LogP contribution in [0.3, 0.4) is 0 Å². The first-order valence-electron chi connectivity index (χ1n) is 12.5. The van der Waals surface area contributed by atoms with Crippen molar-refractivity contribution in [3.63, 3.8) is 0 Å². The molecular weight excluding hydrogens is 543 g/mol. The van der Waals surface area contributed by atoms with Gasteiger partial charge in [-0.2, -0.15) is 9.50 Å². The van der Waals surface area contributed by atoms with Gasteiger partial charge in [-0.1, -0.05) is 11.3 Å². The molecule has 0 saturated carbocycles. The number of thiazole rings is 1. The Labute approximate surface area is 229 Å². The minimum atomic E-state index is -1.12. The molecule has 208 valence electrons. The number of aliphatic carboxylic acids is 1. The summed E-state index contributed by atoms with van der Waals surface area (Å²) in [5.41, 5.74) is 7.49. The molecule has 5 heterocycles. The maximum absolute atomic E-state index is 14.8. The van der Waals surface area contributed by atoms with E-state index in [0.29, 0.717) is 72.5 Å². The molecule has 1 aliphatic heterocycles. The highest BCUT2D eigenvalue weighted by Crippen LogP contribution is 2.27. The second-order valence-electron chi connectivity index (χ2n) is 9.33. The number of halogens is 1. The van der Waals surface area contributed by atoms with Crippen LogP contribution in [0.5, 0.6) is 5.75 Å². The highest BCUT2D eigenvalue weighted by atomic mass is 32.1. The molecule has 13 nitrogen and oxygen atoms in total. The number of anilines is 2. The molecule has 0 bridgehead atoms. The Balaban J connectivity index is 1.13. The SMILES string of the molecule is C[C@H](Oc1ccc(N2CCN(CCn3c(=O)sc4c3nc(N)n3nc(-c5ccco5)nc43)CC2)c(F)c1)C(=O)O. The van der Waals surface area contributed by atoms with Crippen molar-refractivity contribution in [1.29, 1.82) is 0 Å². The molecule has 0 aliphatic carbocycles. The fraction of sp³-hybridized carbons (Fsp3) is 0.320. The Hall–Kier alpha value is -4.50. The van der Waals surface area contributed by atoms with Gasteiger partial charge in [0.2, 0.25) is 11.8 Å². The minimum Gasteiger partial charge on any atom is -0.479 e. The van der Waals surface area contributed by atoms with Gasteiger partial charge >= 0.3 is 10.8 Å². The Morgan fingerprint density at radius 2 is 2.00 bits per heavy atom. The number of nitrogens with zero attached hydrogens (tertiary/aromatic N) is 7. The molecule has 1 aliphatic rings. The van der Waals surface area contributed by atoms with Crippen LogP contribution in [-0.4, -0.2) is 79.0 Å². The number of nitrogen functional groups attached to an aromatic ring is 1. The summed E-state index contributed by atoms with van der Waals surface area (Å²) in [6.45, 7) is 4.90. The molecule has 1 fully saturated rings. The third kappa shape index (κ3) is 4.73. The molecule has 0 radical (unpaired) electrons. The smallest absolute Gasteiger partial charge is 0.344 e. The van der Waals surface area contributed by atoms with Crippen molar-refractivity contribution >= 4 is 44.9 Å². The van der Waals surface area contributed by atoms with Gasteiger partial charge in [0.1, 0.15) is 16.3 Å². The number of fused-ring (bicyclic) bond motifs is 3. The van der Waals surface area contributed by atoms with E-state index in [1.165, 1.54) is 23.8 Å². The predicted octanol–water partition coefficient (Wildman–Crippen LogP) is 2.16. The quantitative estimate of drug-likeness (QED) is 0.283. The summed E-state index contributed by atoms with van der Waals surface area (Å²) in [6.07, 6.45) is 0.453. The number of hydrogen-bond acceptors (Lipinski definition) is 11. The maximum atomic E-state index is 14.8. The topological polar surface area (TPSA) is 157 Å². The van der Waals surface area contributed by atoms with Crippen LogP contribution in [0.1, 0.15) is 6.92 Å². The first kappa shape index (κ1) is 25.8. The molecule has 0 unspecified atom stereocenters. The zero-order chi connectivity index (χ0) is 28.0. The predicted molar refractivity (Wildman–Crippen MR) is 145 cm³/mol. The molecule has 0 amide bonds. The van der Waals surface area contributed by atoms with Crippen LogP contribution in [0.15, 0.2) is 45.8 Å². The van der Waals surface area contributed by atoms with Crippen molar-refractivity contribution in [3.8, 4) is 17.3 Å². The molecule has 3 N–H and O–H groups in total. The van der Waals surface area contributed by atoms with Gasteiger partial charge in [0.25, 0.3) is 0 Å². The number of ether oxygens (including phenoxy) is 1. The van der Waals surface area contributed by atoms with E-state index in [4.69, 9.17) is 20.0 Å². The standard InChI is InChI=1S/C25H25FN8O5S/c1-14(23(35)36)39-15-4-5-17(16(26)13-15)32-9-6-31(7-10-32)8-11-33-21-19(40-25(33)37)22-28-20(18-3-2-12-38-18)30-34(22)24(27)29-21/h2-5,12-14H,6-11H2,1H3,(H2,27,29)(H,35,36)/t14-/m0/s1. The lowest BCUT2D eigenvalue weighted by molar-refractivity contribution is -0.144. The number of aromatic nitrogens is 5. The monoisotopic (exact) mass is 568 g/mol. The number of rotatable bonds is 8. The molecule has 1 aromatic carbocycles. The average Bonchev–Trinajstić information content (AvgIpc) is 3.67. The van der Waals surface area contributed by atoms with E-state index < -0.39 is 17.9 Å². The second kappa shape index (κ2) is 10.2. The van der Waals surface area contributed by atoms with E-state index >= 15 is 0 Å². The van der Waals surface area contributed by atoms with E-state index in [1.54, 1.807) is 28.8 Å². The molecule has 0 spiro atoms. The largest absolute Gasteiger partial charge is 0.479 e. The fourth-order valence-electron chi connectivity index (χ4n) is 4.66. The number of benzene rings is 1. The number of carbonyl (C=O) groups is 1. The number of carboxylic acid groups (broad SMARTS) is 1. The summed E-state index contributed by atoms with van der Waals surface area (Å²) in [7, 11) is 0. The first-order valence-corrected chi connectivity index (χ1v) is 13.4. The van der Waals surface area contributed by atoms with Gasteiger partial charge in [-0.3, -0.25) is 14.3 Å². The van der Waals surface area contributed by atoms with Crippen molar-refractivity contribution in [2.45, 2.75) is 19.6 Å². The molecular formula is C25H25FN8O5S. The molecule has 40 heavy (non-hydrogen) atoms. The van der Waals surface area contributed by atoms with Crippen LogP contribution in [0.4, 0.5) is 16.0 Å². The van der Waals surface area contributed by atoms with E-state index in [0.717, 1.165) is 11.3 Å². The summed E-state index contributed by atoms with van der Waals surface area (Å²) in [5, 5.41) is 13.4. The Morgan fingerprint density at radius 3 is 2.70 bits per heavy atom. The van der Waals surface area contributed by atoms with Crippen LogP contribution in [0.25, 0.3) is 27.6 Å². The number of hydrogen-bond donors (Lipinski definition) is 2. The highest BCUT2D eigenvalue weighted by Gasteiger charge is 2.23. The van der Waals surface area contributed by atoms with Crippen LogP contribution in [-0.2, 0) is 11.3 Å². The summed E-state index contributed by atoms with van der Waals surface area (Å²) >= 11 is 1.04. The molecule has 5 aromatic rings. The van der Waals surface area contributed by atoms with Crippen LogP contribution >= 0.6 is 11.3 Å². The van der Waals surface area contributed by atoms with E-state index in [9.17, 15) is 14.0 Å².